The van der Waals surface area contributed by atoms with Gasteiger partial charge in [-0.25, -0.2) is 4.52 Å². The molecule has 0 spiro atoms. The molecule has 1 saturated heterocycles. The molecule has 0 saturated carbocycles. The van der Waals surface area contributed by atoms with Crippen LogP contribution < -0.4 is 0 Å². The number of hydrogen-bond acceptors (Lipinski definition) is 4. The Balaban J connectivity index is 1.77. The van der Waals surface area contributed by atoms with Gasteiger partial charge in [0.15, 0.2) is 0 Å². The maximum Gasteiger partial charge on any atom is 0.0877 e. The average molecular weight is 245 g/mol. The molecule has 3 heterocycles. The predicted molar refractivity (Wildman–Crippen MR) is 70.5 cm³/mol. The fourth-order valence-electron chi connectivity index (χ4n) is 2.42. The monoisotopic (exact) mass is 245 g/mol. The first-order chi connectivity index (χ1) is 8.72. The summed E-state index contributed by atoms with van der Waals surface area (Å²) >= 11 is 0. The van der Waals surface area contributed by atoms with E-state index in [0.29, 0.717) is 0 Å². The zero-order valence-electron chi connectivity index (χ0n) is 11.0. The number of nitrogens with zero attached hydrogens (tertiary/aromatic N) is 5. The van der Waals surface area contributed by atoms with Crippen LogP contribution in [0.25, 0.3) is 5.52 Å². The second kappa shape index (κ2) is 4.66. The van der Waals surface area contributed by atoms with Crippen LogP contribution in [0.4, 0.5) is 0 Å². The minimum absolute atomic E-state index is 0.939. The van der Waals surface area contributed by atoms with E-state index in [4.69, 9.17) is 0 Å². The number of hydrogen-bond donors (Lipinski definition) is 0. The molecule has 0 N–H and O–H groups in total. The largest absolute Gasteiger partial charge is 0.304 e. The van der Waals surface area contributed by atoms with E-state index in [-0.39, 0.29) is 0 Å². The molecule has 0 unspecified atom stereocenters. The van der Waals surface area contributed by atoms with E-state index in [9.17, 15) is 0 Å². The van der Waals surface area contributed by atoms with E-state index in [1.807, 2.05) is 17.6 Å². The molecule has 5 nitrogen and oxygen atoms in total. The second-order valence-electron chi connectivity index (χ2n) is 5.06. The van der Waals surface area contributed by atoms with Gasteiger partial charge < -0.3 is 4.90 Å². The van der Waals surface area contributed by atoms with Gasteiger partial charge in [-0.2, -0.15) is 5.10 Å². The predicted octanol–water partition coefficient (Wildman–Crippen LogP) is 0.785. The molecule has 0 aromatic carbocycles. The van der Waals surface area contributed by atoms with Crippen LogP contribution in [0.2, 0.25) is 0 Å². The van der Waals surface area contributed by atoms with Crippen LogP contribution in [0.1, 0.15) is 11.4 Å². The molecule has 1 fully saturated rings. The smallest absolute Gasteiger partial charge is 0.0877 e. The van der Waals surface area contributed by atoms with E-state index in [1.165, 1.54) is 0 Å². The quantitative estimate of drug-likeness (QED) is 0.783. The first kappa shape index (κ1) is 11.6. The Labute approximate surface area is 107 Å². The lowest BCUT2D eigenvalue weighted by molar-refractivity contribution is 0.147. The summed E-state index contributed by atoms with van der Waals surface area (Å²) in [5, 5.41) is 4.61. The summed E-state index contributed by atoms with van der Waals surface area (Å²) in [7, 11) is 2.18. The van der Waals surface area contributed by atoms with Gasteiger partial charge in [-0.3, -0.25) is 9.88 Å². The standard InChI is InChI=1S/C13H19N5/c1-11-13-9-12(15-18(13)4-3-14-11)10-17-7-5-16(2)6-8-17/h3-4,9H,5-8,10H2,1-2H3. The minimum atomic E-state index is 0.939. The molecule has 1 aliphatic rings. The number of piperazine rings is 1. The minimum Gasteiger partial charge on any atom is -0.304 e. The van der Waals surface area contributed by atoms with Crippen molar-refractivity contribution in [2.75, 3.05) is 33.2 Å². The summed E-state index contributed by atoms with van der Waals surface area (Å²) < 4.78 is 1.92. The molecule has 0 radical (unpaired) electrons. The zero-order valence-corrected chi connectivity index (χ0v) is 11.0. The third kappa shape index (κ3) is 2.23. The van der Waals surface area contributed by atoms with Crippen molar-refractivity contribution in [3.8, 4) is 0 Å². The summed E-state index contributed by atoms with van der Waals surface area (Å²) in [5.41, 5.74) is 3.28. The molecule has 0 atom stereocenters. The van der Waals surface area contributed by atoms with Crippen LogP contribution in [0.15, 0.2) is 18.5 Å². The fraction of sp³-hybridized carbons (Fsp3) is 0.538. The lowest BCUT2D eigenvalue weighted by Crippen LogP contribution is -2.43. The van der Waals surface area contributed by atoms with Crippen molar-refractivity contribution < 1.29 is 0 Å². The van der Waals surface area contributed by atoms with E-state index in [1.54, 1.807) is 6.20 Å². The Bertz CT molecular complexity index is 539. The first-order valence-corrected chi connectivity index (χ1v) is 6.43. The second-order valence-corrected chi connectivity index (χ2v) is 5.06. The normalized spacial score (nSPS) is 18.6. The molecule has 3 rings (SSSR count). The number of rotatable bonds is 2. The Morgan fingerprint density at radius 1 is 1.22 bits per heavy atom. The van der Waals surface area contributed by atoms with Gasteiger partial charge in [0.2, 0.25) is 0 Å². The van der Waals surface area contributed by atoms with Crippen LogP contribution in [-0.2, 0) is 6.54 Å². The van der Waals surface area contributed by atoms with E-state index < -0.39 is 0 Å². The Hall–Kier alpha value is -1.46. The van der Waals surface area contributed by atoms with Gasteiger partial charge in [-0.15, -0.1) is 0 Å². The van der Waals surface area contributed by atoms with Crippen molar-refractivity contribution in [3.63, 3.8) is 0 Å². The van der Waals surface area contributed by atoms with Crippen molar-refractivity contribution in [3.05, 3.63) is 29.8 Å². The topological polar surface area (TPSA) is 36.7 Å². The summed E-state index contributed by atoms with van der Waals surface area (Å²) in [6, 6.07) is 2.15. The highest BCUT2D eigenvalue weighted by molar-refractivity contribution is 5.51. The maximum atomic E-state index is 4.61. The van der Waals surface area contributed by atoms with Crippen molar-refractivity contribution in [2.45, 2.75) is 13.5 Å². The van der Waals surface area contributed by atoms with E-state index in [0.717, 1.165) is 49.6 Å². The maximum absolute atomic E-state index is 4.61. The van der Waals surface area contributed by atoms with Crippen molar-refractivity contribution in [1.82, 2.24) is 24.4 Å². The third-order valence-corrected chi connectivity index (χ3v) is 3.61. The molecular weight excluding hydrogens is 226 g/mol. The van der Waals surface area contributed by atoms with Gasteiger partial charge in [-0.1, -0.05) is 0 Å². The van der Waals surface area contributed by atoms with Crippen LogP contribution >= 0.6 is 0 Å². The molecule has 0 bridgehead atoms. The van der Waals surface area contributed by atoms with Gasteiger partial charge >= 0.3 is 0 Å². The van der Waals surface area contributed by atoms with Gasteiger partial charge in [0.25, 0.3) is 0 Å². The molecule has 18 heavy (non-hydrogen) atoms. The number of aromatic nitrogens is 3. The summed E-state index contributed by atoms with van der Waals surface area (Å²) in [6.45, 7) is 7.51. The van der Waals surface area contributed by atoms with Gasteiger partial charge in [0.05, 0.1) is 16.9 Å². The number of likely N-dealkylation sites (N-methyl/N-ethyl adjacent to an activating group) is 1. The number of aryl methyl sites for hydroxylation is 1. The molecule has 2 aromatic rings. The summed E-state index contributed by atoms with van der Waals surface area (Å²) in [5.74, 6) is 0. The van der Waals surface area contributed by atoms with E-state index in [2.05, 4.69) is 33.0 Å². The van der Waals surface area contributed by atoms with Crippen LogP contribution in [0, 0.1) is 6.92 Å². The highest BCUT2D eigenvalue weighted by atomic mass is 15.3. The van der Waals surface area contributed by atoms with E-state index >= 15 is 0 Å². The molecular formula is C13H19N5. The highest BCUT2D eigenvalue weighted by Gasteiger charge is 2.15. The molecule has 2 aromatic heterocycles. The van der Waals surface area contributed by atoms with Gasteiger partial charge in [0, 0.05) is 45.1 Å². The fourth-order valence-corrected chi connectivity index (χ4v) is 2.42. The van der Waals surface area contributed by atoms with Crippen molar-refractivity contribution in [2.24, 2.45) is 0 Å². The lowest BCUT2D eigenvalue weighted by atomic mass is 10.3. The molecule has 0 amide bonds. The van der Waals surface area contributed by atoms with Crippen molar-refractivity contribution in [1.29, 1.82) is 0 Å². The van der Waals surface area contributed by atoms with Crippen LogP contribution in [0.5, 0.6) is 0 Å². The Morgan fingerprint density at radius 3 is 2.72 bits per heavy atom. The zero-order chi connectivity index (χ0) is 12.5. The molecule has 0 aliphatic carbocycles. The Morgan fingerprint density at radius 2 is 2.00 bits per heavy atom. The van der Waals surface area contributed by atoms with Crippen molar-refractivity contribution >= 4 is 5.52 Å². The first-order valence-electron chi connectivity index (χ1n) is 6.43. The Kier molecular flexibility index (Phi) is 3.01. The SMILES string of the molecule is Cc1nccn2nc(CN3CCN(C)CC3)cc12. The molecule has 96 valence electrons. The molecule has 1 aliphatic heterocycles. The average Bonchev–Trinajstić information content (AvgIpc) is 2.76. The van der Waals surface area contributed by atoms with Gasteiger partial charge in [0.1, 0.15) is 0 Å². The molecule has 5 heteroatoms. The van der Waals surface area contributed by atoms with Crippen LogP contribution in [0.3, 0.4) is 0 Å². The van der Waals surface area contributed by atoms with Crippen LogP contribution in [-0.4, -0.2) is 57.6 Å². The van der Waals surface area contributed by atoms with Gasteiger partial charge in [-0.05, 0) is 20.0 Å². The third-order valence-electron chi connectivity index (χ3n) is 3.61. The summed E-state index contributed by atoms with van der Waals surface area (Å²) in [4.78, 5) is 9.13. The highest BCUT2D eigenvalue weighted by Crippen LogP contribution is 2.12. The lowest BCUT2D eigenvalue weighted by Gasteiger charge is -2.31. The number of fused-ring (bicyclic) bond motifs is 1. The summed E-state index contributed by atoms with van der Waals surface area (Å²) in [6.07, 6.45) is 3.71.